The van der Waals surface area contributed by atoms with Gasteiger partial charge in [0.2, 0.25) is 0 Å². The first-order valence-electron chi connectivity index (χ1n) is 7.08. The van der Waals surface area contributed by atoms with Gasteiger partial charge in [-0.25, -0.2) is 0 Å². The molecule has 1 amide bonds. The summed E-state index contributed by atoms with van der Waals surface area (Å²) in [5.74, 6) is -0.0421. The molecule has 3 rings (SSSR count). The van der Waals surface area contributed by atoms with E-state index in [4.69, 9.17) is 0 Å². The zero-order valence-electron chi connectivity index (χ0n) is 11.7. The van der Waals surface area contributed by atoms with E-state index in [0.29, 0.717) is 12.1 Å². The third-order valence-electron chi connectivity index (χ3n) is 3.47. The second-order valence-corrected chi connectivity index (χ2v) is 5.02. The molecule has 0 aliphatic heterocycles. The molecule has 0 atom stereocenters. The Hall–Kier alpha value is -2.62. The minimum Gasteiger partial charge on any atom is -0.352 e. The predicted octanol–water partition coefficient (Wildman–Crippen LogP) is 2.93. The Morgan fingerprint density at radius 3 is 2.86 bits per heavy atom. The van der Waals surface area contributed by atoms with E-state index in [0.717, 1.165) is 23.7 Å². The van der Waals surface area contributed by atoms with E-state index in [-0.39, 0.29) is 5.91 Å². The van der Waals surface area contributed by atoms with Crippen molar-refractivity contribution in [1.29, 1.82) is 0 Å². The molecule has 0 saturated carbocycles. The largest absolute Gasteiger partial charge is 0.352 e. The number of hydrogen-bond acceptors (Lipinski definition) is 2. The Kier molecular flexibility index (Phi) is 3.96. The topological polar surface area (TPSA) is 57.8 Å². The summed E-state index contributed by atoms with van der Waals surface area (Å²) in [4.78, 5) is 12.1. The van der Waals surface area contributed by atoms with E-state index in [1.165, 1.54) is 5.56 Å². The minimum atomic E-state index is -0.0421. The SMILES string of the molecule is O=C(NCCCc1ccccc1)c1ccc2cn[nH]c2c1. The van der Waals surface area contributed by atoms with Crippen LogP contribution < -0.4 is 5.32 Å². The zero-order chi connectivity index (χ0) is 14.5. The summed E-state index contributed by atoms with van der Waals surface area (Å²) in [6.45, 7) is 0.675. The van der Waals surface area contributed by atoms with Crippen LogP contribution in [0.1, 0.15) is 22.3 Å². The van der Waals surface area contributed by atoms with Crippen LogP contribution >= 0.6 is 0 Å². The molecule has 1 aromatic heterocycles. The molecule has 2 N–H and O–H groups in total. The first-order valence-corrected chi connectivity index (χ1v) is 7.08. The third kappa shape index (κ3) is 3.28. The van der Waals surface area contributed by atoms with Crippen LogP contribution in [0.15, 0.2) is 54.7 Å². The Labute approximate surface area is 123 Å². The molecule has 0 unspecified atom stereocenters. The van der Waals surface area contributed by atoms with Crippen molar-refractivity contribution in [3.05, 3.63) is 65.9 Å². The third-order valence-corrected chi connectivity index (χ3v) is 3.47. The number of aromatic nitrogens is 2. The summed E-state index contributed by atoms with van der Waals surface area (Å²) in [6.07, 6.45) is 3.65. The van der Waals surface area contributed by atoms with Crippen molar-refractivity contribution < 1.29 is 4.79 Å². The number of carbonyl (C=O) groups is 1. The number of nitrogens with one attached hydrogen (secondary N) is 2. The van der Waals surface area contributed by atoms with Gasteiger partial charge in [-0.1, -0.05) is 36.4 Å². The number of aryl methyl sites for hydroxylation is 1. The van der Waals surface area contributed by atoms with E-state index >= 15 is 0 Å². The number of carbonyl (C=O) groups excluding carboxylic acids is 1. The average molecular weight is 279 g/mol. The summed E-state index contributed by atoms with van der Waals surface area (Å²) >= 11 is 0. The number of nitrogens with zero attached hydrogens (tertiary/aromatic N) is 1. The van der Waals surface area contributed by atoms with Crippen molar-refractivity contribution in [2.45, 2.75) is 12.8 Å². The van der Waals surface area contributed by atoms with Gasteiger partial charge >= 0.3 is 0 Å². The van der Waals surface area contributed by atoms with Gasteiger partial charge in [0.1, 0.15) is 0 Å². The maximum Gasteiger partial charge on any atom is 0.251 e. The normalized spacial score (nSPS) is 10.7. The highest BCUT2D eigenvalue weighted by atomic mass is 16.1. The standard InChI is InChI=1S/C17H17N3O/c21-17(14-8-9-15-12-19-20-16(15)11-14)18-10-4-7-13-5-2-1-3-6-13/h1-3,5-6,8-9,11-12H,4,7,10H2,(H,18,21)(H,19,20). The lowest BCUT2D eigenvalue weighted by Gasteiger charge is -2.05. The molecule has 0 bridgehead atoms. The molecule has 106 valence electrons. The molecule has 3 aromatic rings. The molecular weight excluding hydrogens is 262 g/mol. The molecule has 0 saturated heterocycles. The number of fused-ring (bicyclic) bond motifs is 1. The van der Waals surface area contributed by atoms with Crippen molar-refractivity contribution in [3.63, 3.8) is 0 Å². The molecule has 0 spiro atoms. The van der Waals surface area contributed by atoms with Gasteiger partial charge in [-0.15, -0.1) is 0 Å². The van der Waals surface area contributed by atoms with Crippen LogP contribution in [0.2, 0.25) is 0 Å². The van der Waals surface area contributed by atoms with Crippen molar-refractivity contribution in [3.8, 4) is 0 Å². The van der Waals surface area contributed by atoms with E-state index in [1.54, 1.807) is 6.20 Å². The van der Waals surface area contributed by atoms with E-state index in [2.05, 4.69) is 27.6 Å². The molecular formula is C17H17N3O. The molecule has 2 aromatic carbocycles. The first-order chi connectivity index (χ1) is 10.3. The average Bonchev–Trinajstić information content (AvgIpc) is 3.00. The van der Waals surface area contributed by atoms with Crippen LogP contribution in [0.5, 0.6) is 0 Å². The number of aromatic amines is 1. The summed E-state index contributed by atoms with van der Waals surface area (Å²) in [6, 6.07) is 15.8. The maximum atomic E-state index is 12.1. The summed E-state index contributed by atoms with van der Waals surface area (Å²) in [5, 5.41) is 10.8. The van der Waals surface area contributed by atoms with Gasteiger partial charge in [-0.2, -0.15) is 5.10 Å². The zero-order valence-corrected chi connectivity index (χ0v) is 11.7. The molecule has 4 heteroatoms. The lowest BCUT2D eigenvalue weighted by molar-refractivity contribution is 0.0953. The molecule has 1 heterocycles. The minimum absolute atomic E-state index is 0.0421. The summed E-state index contributed by atoms with van der Waals surface area (Å²) in [5.41, 5.74) is 2.84. The Bertz CT molecular complexity index is 734. The molecule has 0 aliphatic rings. The van der Waals surface area contributed by atoms with Crippen LogP contribution in [0.4, 0.5) is 0 Å². The second kappa shape index (κ2) is 6.22. The molecule has 0 aliphatic carbocycles. The summed E-state index contributed by atoms with van der Waals surface area (Å²) < 4.78 is 0. The number of benzene rings is 2. The van der Waals surface area contributed by atoms with Crippen molar-refractivity contribution in [1.82, 2.24) is 15.5 Å². The highest BCUT2D eigenvalue weighted by molar-refractivity contribution is 5.97. The number of amides is 1. The number of H-pyrrole nitrogens is 1. The predicted molar refractivity (Wildman–Crippen MR) is 83.2 cm³/mol. The molecule has 0 fully saturated rings. The fraction of sp³-hybridized carbons (Fsp3) is 0.176. The van der Waals surface area contributed by atoms with Gasteiger partial charge in [0.25, 0.3) is 5.91 Å². The molecule has 4 nitrogen and oxygen atoms in total. The van der Waals surface area contributed by atoms with E-state index in [1.807, 2.05) is 36.4 Å². The lowest BCUT2D eigenvalue weighted by atomic mass is 10.1. The van der Waals surface area contributed by atoms with Crippen LogP contribution in [0.3, 0.4) is 0 Å². The van der Waals surface area contributed by atoms with Gasteiger partial charge in [-0.3, -0.25) is 9.89 Å². The van der Waals surface area contributed by atoms with Gasteiger partial charge in [-0.05, 0) is 30.5 Å². The Balaban J connectivity index is 1.52. The highest BCUT2D eigenvalue weighted by Crippen LogP contribution is 2.12. The van der Waals surface area contributed by atoms with Crippen molar-refractivity contribution >= 4 is 16.8 Å². The maximum absolute atomic E-state index is 12.1. The van der Waals surface area contributed by atoms with Crippen LogP contribution in [0.25, 0.3) is 10.9 Å². The van der Waals surface area contributed by atoms with Gasteiger partial charge in [0.05, 0.1) is 11.7 Å². The fourth-order valence-corrected chi connectivity index (χ4v) is 2.32. The van der Waals surface area contributed by atoms with E-state index < -0.39 is 0 Å². The van der Waals surface area contributed by atoms with Crippen LogP contribution in [-0.4, -0.2) is 22.6 Å². The highest BCUT2D eigenvalue weighted by Gasteiger charge is 2.06. The number of hydrogen-bond donors (Lipinski definition) is 2. The van der Waals surface area contributed by atoms with E-state index in [9.17, 15) is 4.79 Å². The van der Waals surface area contributed by atoms with Gasteiger partial charge < -0.3 is 5.32 Å². The lowest BCUT2D eigenvalue weighted by Crippen LogP contribution is -2.24. The first kappa shape index (κ1) is 13.4. The van der Waals surface area contributed by atoms with Crippen molar-refractivity contribution in [2.24, 2.45) is 0 Å². The second-order valence-electron chi connectivity index (χ2n) is 5.02. The quantitative estimate of drug-likeness (QED) is 0.705. The number of rotatable bonds is 5. The van der Waals surface area contributed by atoms with Crippen LogP contribution in [-0.2, 0) is 6.42 Å². The Morgan fingerprint density at radius 2 is 2.00 bits per heavy atom. The van der Waals surface area contributed by atoms with Crippen molar-refractivity contribution in [2.75, 3.05) is 6.54 Å². The monoisotopic (exact) mass is 279 g/mol. The van der Waals surface area contributed by atoms with Gasteiger partial charge in [0, 0.05) is 17.5 Å². The smallest absolute Gasteiger partial charge is 0.251 e. The molecule has 0 radical (unpaired) electrons. The van der Waals surface area contributed by atoms with Crippen LogP contribution in [0, 0.1) is 0 Å². The Morgan fingerprint density at radius 1 is 1.14 bits per heavy atom. The molecule has 21 heavy (non-hydrogen) atoms. The summed E-state index contributed by atoms with van der Waals surface area (Å²) in [7, 11) is 0. The fourth-order valence-electron chi connectivity index (χ4n) is 2.32. The van der Waals surface area contributed by atoms with Gasteiger partial charge in [0.15, 0.2) is 0 Å².